The second-order valence-electron chi connectivity index (χ2n) is 6.14. The Morgan fingerprint density at radius 2 is 1.78 bits per heavy atom. The second-order valence-corrected chi connectivity index (χ2v) is 6.14. The lowest BCUT2D eigenvalue weighted by Crippen LogP contribution is -2.25. The zero-order chi connectivity index (χ0) is 19.4. The molecule has 7 nitrogen and oxygen atoms in total. The number of nitrogens with one attached hydrogen (secondary N) is 1. The van der Waals surface area contributed by atoms with Gasteiger partial charge in [-0.25, -0.2) is 14.8 Å². The predicted octanol–water partition coefficient (Wildman–Crippen LogP) is 3.48. The first-order chi connectivity index (χ1) is 12.9. The van der Waals surface area contributed by atoms with E-state index in [-0.39, 0.29) is 5.75 Å². The molecule has 0 spiro atoms. The number of benzene rings is 2. The zero-order valence-corrected chi connectivity index (χ0v) is 15.3. The summed E-state index contributed by atoms with van der Waals surface area (Å²) in [6.07, 6.45) is 4.22. The number of phenols is 1. The van der Waals surface area contributed by atoms with E-state index in [9.17, 15) is 9.90 Å². The van der Waals surface area contributed by atoms with Crippen LogP contribution in [-0.4, -0.2) is 28.1 Å². The zero-order valence-electron chi connectivity index (χ0n) is 15.3. The Kier molecular flexibility index (Phi) is 5.21. The summed E-state index contributed by atoms with van der Waals surface area (Å²) in [4.78, 5) is 19.9. The third-order valence-electron chi connectivity index (χ3n) is 4.01. The van der Waals surface area contributed by atoms with E-state index >= 15 is 0 Å². The van der Waals surface area contributed by atoms with Gasteiger partial charge in [0, 0.05) is 7.05 Å². The number of nitrogens with zero attached hydrogens (tertiary/aromatic N) is 3. The van der Waals surface area contributed by atoms with E-state index < -0.39 is 5.97 Å². The molecule has 138 valence electrons. The number of hydrogen-bond acceptors (Lipinski definition) is 7. The maximum Gasteiger partial charge on any atom is 0.343 e. The van der Waals surface area contributed by atoms with Crippen LogP contribution in [0.15, 0.2) is 55.1 Å². The molecule has 0 amide bonds. The van der Waals surface area contributed by atoms with Crippen LogP contribution in [0.4, 0.5) is 11.4 Å². The smallest absolute Gasteiger partial charge is 0.343 e. The highest BCUT2D eigenvalue weighted by atomic mass is 16.5. The molecule has 0 unspecified atom stereocenters. The van der Waals surface area contributed by atoms with Crippen molar-refractivity contribution in [2.24, 2.45) is 0 Å². The van der Waals surface area contributed by atoms with Crippen LogP contribution in [-0.2, 0) is 0 Å². The van der Waals surface area contributed by atoms with Crippen molar-refractivity contribution in [2.45, 2.75) is 13.8 Å². The summed E-state index contributed by atoms with van der Waals surface area (Å²) in [7, 11) is 1.86. The Bertz CT molecular complexity index is 937. The number of phenolic OH excluding ortho intramolecular Hbond substituents is 1. The van der Waals surface area contributed by atoms with Crippen LogP contribution in [0.3, 0.4) is 0 Å². The molecule has 7 heteroatoms. The standard InChI is InChI=1S/C20H20N4O3/c1-13-7-17(8-14(2)19(13)25)24(3)23-16-6-4-5-15(9-16)20(26)27-18-10-21-12-22-11-18/h4-12,23,25H,1-3H3. The van der Waals surface area contributed by atoms with Gasteiger partial charge in [-0.2, -0.15) is 0 Å². The van der Waals surface area contributed by atoms with Crippen molar-refractivity contribution in [3.05, 3.63) is 71.8 Å². The predicted molar refractivity (Wildman–Crippen MR) is 103 cm³/mol. The third-order valence-corrected chi connectivity index (χ3v) is 4.01. The lowest BCUT2D eigenvalue weighted by atomic mass is 10.1. The van der Waals surface area contributed by atoms with E-state index in [0.29, 0.717) is 11.3 Å². The van der Waals surface area contributed by atoms with Gasteiger partial charge in [0.15, 0.2) is 5.75 Å². The molecule has 1 aromatic heterocycles. The molecule has 0 saturated carbocycles. The van der Waals surface area contributed by atoms with Crippen LogP contribution in [0.2, 0.25) is 0 Å². The maximum atomic E-state index is 12.3. The lowest BCUT2D eigenvalue weighted by molar-refractivity contribution is 0.0733. The molecule has 3 aromatic rings. The van der Waals surface area contributed by atoms with Gasteiger partial charge < -0.3 is 9.84 Å². The van der Waals surface area contributed by atoms with Crippen LogP contribution < -0.4 is 15.2 Å². The van der Waals surface area contributed by atoms with Gasteiger partial charge in [-0.3, -0.25) is 10.4 Å². The second kappa shape index (κ2) is 7.74. The first-order valence-electron chi connectivity index (χ1n) is 8.32. The number of carbonyl (C=O) groups excluding carboxylic acids is 1. The van der Waals surface area contributed by atoms with Gasteiger partial charge >= 0.3 is 5.97 Å². The fourth-order valence-corrected chi connectivity index (χ4v) is 2.60. The number of aromatic hydroxyl groups is 1. The Hall–Kier alpha value is -3.61. The van der Waals surface area contributed by atoms with Gasteiger partial charge in [0.05, 0.1) is 29.3 Å². The fourth-order valence-electron chi connectivity index (χ4n) is 2.60. The molecule has 2 aromatic carbocycles. The highest BCUT2D eigenvalue weighted by Crippen LogP contribution is 2.27. The number of carbonyl (C=O) groups is 1. The Morgan fingerprint density at radius 1 is 1.11 bits per heavy atom. The highest BCUT2D eigenvalue weighted by molar-refractivity contribution is 5.92. The number of esters is 1. The van der Waals surface area contributed by atoms with E-state index in [1.165, 1.54) is 18.7 Å². The topological polar surface area (TPSA) is 87.6 Å². The summed E-state index contributed by atoms with van der Waals surface area (Å²) in [5, 5.41) is 11.7. The van der Waals surface area contributed by atoms with Crippen molar-refractivity contribution in [1.82, 2.24) is 9.97 Å². The minimum atomic E-state index is -0.493. The number of hydrazine groups is 1. The average molecular weight is 364 g/mol. The maximum absolute atomic E-state index is 12.3. The van der Waals surface area contributed by atoms with Crippen molar-refractivity contribution >= 4 is 17.3 Å². The molecule has 0 atom stereocenters. The molecule has 3 rings (SSSR count). The molecular formula is C20H20N4O3. The van der Waals surface area contributed by atoms with Gasteiger partial charge in [0.1, 0.15) is 12.1 Å². The molecule has 0 aliphatic carbocycles. The first-order valence-corrected chi connectivity index (χ1v) is 8.32. The highest BCUT2D eigenvalue weighted by Gasteiger charge is 2.11. The average Bonchev–Trinajstić information content (AvgIpc) is 2.66. The third kappa shape index (κ3) is 4.33. The molecule has 0 fully saturated rings. The fraction of sp³-hybridized carbons (Fsp3) is 0.150. The molecule has 27 heavy (non-hydrogen) atoms. The summed E-state index contributed by atoms with van der Waals surface area (Å²) in [5.41, 5.74) is 6.80. The molecule has 0 aliphatic heterocycles. The quantitative estimate of drug-likeness (QED) is 0.529. The van der Waals surface area contributed by atoms with Crippen molar-refractivity contribution in [2.75, 3.05) is 17.5 Å². The minimum Gasteiger partial charge on any atom is -0.507 e. The van der Waals surface area contributed by atoms with Gasteiger partial charge in [0.25, 0.3) is 0 Å². The van der Waals surface area contributed by atoms with Crippen molar-refractivity contribution in [1.29, 1.82) is 0 Å². The minimum absolute atomic E-state index is 0.285. The van der Waals surface area contributed by atoms with Crippen molar-refractivity contribution in [3.8, 4) is 11.5 Å². The van der Waals surface area contributed by atoms with Gasteiger partial charge in [-0.15, -0.1) is 0 Å². The molecular weight excluding hydrogens is 344 g/mol. The van der Waals surface area contributed by atoms with Crippen LogP contribution in [0.1, 0.15) is 21.5 Å². The van der Waals surface area contributed by atoms with Gasteiger partial charge in [0.2, 0.25) is 0 Å². The van der Waals surface area contributed by atoms with Crippen molar-refractivity contribution < 1.29 is 14.6 Å². The summed E-state index contributed by atoms with van der Waals surface area (Å²) >= 11 is 0. The van der Waals surface area contributed by atoms with Crippen LogP contribution in [0.5, 0.6) is 11.5 Å². The summed E-state index contributed by atoms with van der Waals surface area (Å²) in [5.74, 6) is 0.0854. The first kappa shape index (κ1) is 18.2. The number of anilines is 2. The Labute approximate surface area is 157 Å². The molecule has 2 N–H and O–H groups in total. The van der Waals surface area contributed by atoms with Crippen molar-refractivity contribution in [3.63, 3.8) is 0 Å². The Morgan fingerprint density at radius 3 is 2.44 bits per heavy atom. The normalized spacial score (nSPS) is 10.3. The lowest BCUT2D eigenvalue weighted by Gasteiger charge is -2.23. The number of hydrogen-bond donors (Lipinski definition) is 2. The molecule has 0 bridgehead atoms. The van der Waals surface area contributed by atoms with E-state index in [1.54, 1.807) is 18.2 Å². The molecule has 1 heterocycles. The Balaban J connectivity index is 1.74. The summed E-state index contributed by atoms with van der Waals surface area (Å²) in [6.45, 7) is 3.70. The summed E-state index contributed by atoms with van der Waals surface area (Å²) < 4.78 is 5.26. The van der Waals surface area contributed by atoms with Crippen LogP contribution >= 0.6 is 0 Å². The SMILES string of the molecule is Cc1cc(N(C)Nc2cccc(C(=O)Oc3cncnc3)c2)cc(C)c1O. The number of aromatic nitrogens is 2. The summed E-state index contributed by atoms with van der Waals surface area (Å²) in [6, 6.07) is 10.7. The number of aryl methyl sites for hydroxylation is 2. The van der Waals surface area contributed by atoms with E-state index in [2.05, 4.69) is 15.4 Å². The van der Waals surface area contributed by atoms with Crippen LogP contribution in [0, 0.1) is 13.8 Å². The van der Waals surface area contributed by atoms with Crippen LogP contribution in [0.25, 0.3) is 0 Å². The largest absolute Gasteiger partial charge is 0.507 e. The monoisotopic (exact) mass is 364 g/mol. The van der Waals surface area contributed by atoms with Gasteiger partial charge in [-0.1, -0.05) is 6.07 Å². The number of ether oxygens (including phenoxy) is 1. The van der Waals surface area contributed by atoms with E-state index in [4.69, 9.17) is 4.74 Å². The van der Waals surface area contributed by atoms with E-state index in [0.717, 1.165) is 22.5 Å². The molecule has 0 saturated heterocycles. The molecule has 0 aliphatic rings. The van der Waals surface area contributed by atoms with Gasteiger partial charge in [-0.05, 0) is 55.3 Å². The number of rotatable bonds is 5. The van der Waals surface area contributed by atoms with E-state index in [1.807, 2.05) is 44.1 Å². The molecule has 0 radical (unpaired) electrons.